The molecule has 3 N–H and O–H groups in total. The Morgan fingerprint density at radius 1 is 1.23 bits per heavy atom. The molecule has 5 nitrogen and oxygen atoms in total. The first kappa shape index (κ1) is 16.1. The summed E-state index contributed by atoms with van der Waals surface area (Å²) in [4.78, 5) is 12.1. The second-order valence-electron chi connectivity index (χ2n) is 5.09. The molecule has 7 heteroatoms. The number of rotatable bonds is 6. The molecule has 22 heavy (non-hydrogen) atoms. The smallest absolute Gasteiger partial charge is 0.227 e. The van der Waals surface area contributed by atoms with Crippen molar-refractivity contribution in [3.63, 3.8) is 0 Å². The molecule has 1 heterocycles. The van der Waals surface area contributed by atoms with E-state index in [9.17, 15) is 8.78 Å². The molecule has 0 saturated carbocycles. The number of benzene rings is 1. The van der Waals surface area contributed by atoms with Crippen LogP contribution in [0.5, 0.6) is 0 Å². The van der Waals surface area contributed by atoms with Crippen LogP contribution in [0.15, 0.2) is 18.2 Å². The Hall–Kier alpha value is -2.31. The third-order valence-electron chi connectivity index (χ3n) is 3.37. The van der Waals surface area contributed by atoms with Crippen molar-refractivity contribution in [2.75, 3.05) is 11.1 Å². The fourth-order valence-electron chi connectivity index (χ4n) is 2.18. The summed E-state index contributed by atoms with van der Waals surface area (Å²) in [6.07, 6.45) is 1.98. The summed E-state index contributed by atoms with van der Waals surface area (Å²) in [5.41, 5.74) is 6.08. The van der Waals surface area contributed by atoms with Gasteiger partial charge in [-0.1, -0.05) is 13.0 Å². The van der Waals surface area contributed by atoms with Crippen LogP contribution in [-0.4, -0.2) is 21.0 Å². The van der Waals surface area contributed by atoms with Gasteiger partial charge < -0.3 is 11.1 Å². The average molecular weight is 307 g/mol. The number of aryl methyl sites for hydroxylation is 2. The van der Waals surface area contributed by atoms with Crippen LogP contribution in [0.25, 0.3) is 0 Å². The van der Waals surface area contributed by atoms with Gasteiger partial charge in [0.05, 0.1) is 0 Å². The van der Waals surface area contributed by atoms with Crippen molar-refractivity contribution in [3.8, 4) is 0 Å². The molecule has 1 unspecified atom stereocenters. The second kappa shape index (κ2) is 7.11. The average Bonchev–Trinajstić information content (AvgIpc) is 2.43. The summed E-state index contributed by atoms with van der Waals surface area (Å²) >= 11 is 0. The Bertz CT molecular complexity index is 628. The minimum absolute atomic E-state index is 0.0608. The van der Waals surface area contributed by atoms with E-state index in [2.05, 4.69) is 20.3 Å². The molecule has 1 atom stereocenters. The summed E-state index contributed by atoms with van der Waals surface area (Å²) in [5, 5.41) is 3.17. The molecule has 1 aromatic carbocycles. The van der Waals surface area contributed by atoms with Crippen molar-refractivity contribution >= 4 is 11.9 Å². The topological polar surface area (TPSA) is 76.7 Å². The highest BCUT2D eigenvalue weighted by atomic mass is 19.1. The lowest BCUT2D eigenvalue weighted by Crippen LogP contribution is -2.22. The predicted octanol–water partition coefficient (Wildman–Crippen LogP) is 2.86. The molecule has 0 amide bonds. The van der Waals surface area contributed by atoms with Gasteiger partial charge in [0, 0.05) is 12.1 Å². The van der Waals surface area contributed by atoms with E-state index in [1.54, 1.807) is 6.92 Å². The van der Waals surface area contributed by atoms with Crippen LogP contribution in [0.3, 0.4) is 0 Å². The fraction of sp³-hybridized carbons (Fsp3) is 0.400. The molecule has 0 fully saturated rings. The zero-order valence-electron chi connectivity index (χ0n) is 12.6. The van der Waals surface area contributed by atoms with Crippen LogP contribution >= 0.6 is 0 Å². The molecule has 0 aliphatic heterocycles. The van der Waals surface area contributed by atoms with Crippen LogP contribution in [0, 0.1) is 18.6 Å². The first-order chi connectivity index (χ1) is 10.5. The van der Waals surface area contributed by atoms with E-state index in [1.807, 2.05) is 6.92 Å². The number of hydrogen-bond donors (Lipinski definition) is 2. The van der Waals surface area contributed by atoms with Crippen molar-refractivity contribution in [2.45, 2.75) is 39.2 Å². The normalized spacial score (nSPS) is 12.2. The third kappa shape index (κ3) is 4.34. The van der Waals surface area contributed by atoms with Gasteiger partial charge in [-0.15, -0.1) is 0 Å². The quantitative estimate of drug-likeness (QED) is 0.858. The highest BCUT2D eigenvalue weighted by Crippen LogP contribution is 2.15. The van der Waals surface area contributed by atoms with E-state index < -0.39 is 11.6 Å². The second-order valence-corrected chi connectivity index (χ2v) is 5.09. The van der Waals surface area contributed by atoms with Crippen molar-refractivity contribution in [1.29, 1.82) is 0 Å². The molecule has 0 spiro atoms. The minimum Gasteiger partial charge on any atom is -0.368 e. The molecule has 0 radical (unpaired) electrons. The molecule has 118 valence electrons. The fourth-order valence-corrected chi connectivity index (χ4v) is 2.18. The maximum absolute atomic E-state index is 13.6. The van der Waals surface area contributed by atoms with Gasteiger partial charge in [0.2, 0.25) is 11.9 Å². The largest absolute Gasteiger partial charge is 0.368 e. The zero-order chi connectivity index (χ0) is 16.1. The van der Waals surface area contributed by atoms with Crippen LogP contribution in [0.1, 0.15) is 31.2 Å². The molecule has 2 rings (SSSR count). The van der Waals surface area contributed by atoms with Gasteiger partial charge in [-0.05, 0) is 37.8 Å². The Labute approximate surface area is 128 Å². The van der Waals surface area contributed by atoms with Gasteiger partial charge in [-0.25, -0.2) is 8.78 Å². The number of aromatic nitrogens is 3. The number of nitrogens with one attached hydrogen (secondary N) is 1. The monoisotopic (exact) mass is 307 g/mol. The Balaban J connectivity index is 2.00. The van der Waals surface area contributed by atoms with Gasteiger partial charge in [0.25, 0.3) is 0 Å². The summed E-state index contributed by atoms with van der Waals surface area (Å²) in [5.74, 6) is 0.0259. The Kier molecular flexibility index (Phi) is 5.19. The van der Waals surface area contributed by atoms with Gasteiger partial charge in [-0.2, -0.15) is 15.0 Å². The summed E-state index contributed by atoms with van der Waals surface area (Å²) in [7, 11) is 0. The van der Waals surface area contributed by atoms with E-state index in [1.165, 1.54) is 12.1 Å². The van der Waals surface area contributed by atoms with Crippen LogP contribution in [0.4, 0.5) is 20.7 Å². The molecule has 0 bridgehead atoms. The van der Waals surface area contributed by atoms with Gasteiger partial charge in [-0.3, -0.25) is 0 Å². The van der Waals surface area contributed by atoms with E-state index in [0.717, 1.165) is 12.5 Å². The molecule has 0 aliphatic carbocycles. The van der Waals surface area contributed by atoms with E-state index >= 15 is 0 Å². The molecule has 1 aromatic heterocycles. The lowest BCUT2D eigenvalue weighted by atomic mass is 10.0. The first-order valence-corrected chi connectivity index (χ1v) is 7.16. The van der Waals surface area contributed by atoms with E-state index in [4.69, 9.17) is 5.73 Å². The summed E-state index contributed by atoms with van der Waals surface area (Å²) in [6, 6.07) is 3.70. The zero-order valence-corrected chi connectivity index (χ0v) is 12.6. The van der Waals surface area contributed by atoms with Crippen molar-refractivity contribution in [2.24, 2.45) is 0 Å². The Morgan fingerprint density at radius 3 is 2.64 bits per heavy atom. The number of hydrogen-bond acceptors (Lipinski definition) is 5. The predicted molar refractivity (Wildman–Crippen MR) is 81.4 cm³/mol. The summed E-state index contributed by atoms with van der Waals surface area (Å²) in [6.45, 7) is 3.74. The SMILES string of the molecule is CCC(CCc1ccc(F)cc1F)Nc1nc(C)nc(N)n1. The summed E-state index contributed by atoms with van der Waals surface area (Å²) < 4.78 is 26.5. The molecule has 0 saturated heterocycles. The molecular weight excluding hydrogens is 288 g/mol. The van der Waals surface area contributed by atoms with Crippen LogP contribution in [0.2, 0.25) is 0 Å². The van der Waals surface area contributed by atoms with Gasteiger partial charge in [0.15, 0.2) is 0 Å². The molecule has 2 aromatic rings. The maximum Gasteiger partial charge on any atom is 0.227 e. The number of halogens is 2. The Morgan fingerprint density at radius 2 is 2.00 bits per heavy atom. The standard InChI is InChI=1S/C15H19F2N5/c1-3-12(21-15-20-9(2)19-14(18)22-15)7-5-10-4-6-11(16)8-13(10)17/h4,6,8,12H,3,5,7H2,1-2H3,(H3,18,19,20,21,22). The molecule has 0 aliphatic rings. The van der Waals surface area contributed by atoms with Crippen LogP contribution < -0.4 is 11.1 Å². The van der Waals surface area contributed by atoms with E-state index in [0.29, 0.717) is 30.2 Å². The number of anilines is 2. The number of nitrogens with two attached hydrogens (primary N) is 1. The van der Waals surface area contributed by atoms with Gasteiger partial charge >= 0.3 is 0 Å². The highest BCUT2D eigenvalue weighted by molar-refractivity contribution is 5.32. The lowest BCUT2D eigenvalue weighted by Gasteiger charge is -2.17. The van der Waals surface area contributed by atoms with Crippen molar-refractivity contribution in [3.05, 3.63) is 41.2 Å². The third-order valence-corrected chi connectivity index (χ3v) is 3.37. The van der Waals surface area contributed by atoms with E-state index in [-0.39, 0.29) is 12.0 Å². The van der Waals surface area contributed by atoms with Crippen molar-refractivity contribution < 1.29 is 8.78 Å². The number of nitrogen functional groups attached to an aromatic ring is 1. The number of nitrogens with zero attached hydrogens (tertiary/aromatic N) is 3. The van der Waals surface area contributed by atoms with Gasteiger partial charge in [0.1, 0.15) is 17.5 Å². The maximum atomic E-state index is 13.6. The molecular formula is C15H19F2N5. The van der Waals surface area contributed by atoms with Crippen molar-refractivity contribution in [1.82, 2.24) is 15.0 Å². The minimum atomic E-state index is -0.567. The highest BCUT2D eigenvalue weighted by Gasteiger charge is 2.11. The lowest BCUT2D eigenvalue weighted by molar-refractivity contribution is 0.559. The van der Waals surface area contributed by atoms with Crippen LogP contribution in [-0.2, 0) is 6.42 Å². The first-order valence-electron chi connectivity index (χ1n) is 7.16.